The van der Waals surface area contributed by atoms with Gasteiger partial charge in [-0.2, -0.15) is 35.1 Å². The van der Waals surface area contributed by atoms with Gasteiger partial charge in [-0.3, -0.25) is 0 Å². The Morgan fingerprint density at radius 2 is 0.408 bits per heavy atom. The summed E-state index contributed by atoms with van der Waals surface area (Å²) >= 11 is 0. The summed E-state index contributed by atoms with van der Waals surface area (Å²) in [6, 6.07) is 44.3. The molecule has 1 aliphatic heterocycles. The van der Waals surface area contributed by atoms with Gasteiger partial charge in [0.15, 0.2) is 46.5 Å². The topological polar surface area (TPSA) is 56.4 Å². The first-order valence-electron chi connectivity index (χ1n) is 21.7. The summed E-state index contributed by atoms with van der Waals surface area (Å²) in [5.41, 5.74) is -0.251. The van der Waals surface area contributed by atoms with E-state index in [1.807, 2.05) is 36.4 Å². The van der Waals surface area contributed by atoms with Crippen LogP contribution in [0.5, 0.6) is 0 Å². The Morgan fingerprint density at radius 1 is 0.239 bits per heavy atom. The third-order valence-electron chi connectivity index (χ3n) is 11.3. The number of nitrogens with zero attached hydrogens (tertiary/aromatic N) is 4. The van der Waals surface area contributed by atoms with Gasteiger partial charge in [-0.25, -0.2) is 0 Å². The van der Waals surface area contributed by atoms with Crippen LogP contribution in [0.2, 0.25) is 0 Å². The van der Waals surface area contributed by atoms with E-state index < -0.39 is 68.8 Å². The van der Waals surface area contributed by atoms with E-state index >= 15 is 35.1 Å². The number of fused-ring (bicyclic) bond motifs is 8. The largest absolute Gasteiger partial charge is 0.628 e. The van der Waals surface area contributed by atoms with Crippen LogP contribution in [0, 0.1) is 84.1 Å². The third kappa shape index (κ3) is 10.1. The maximum absolute atomic E-state index is 15.7. The maximum Gasteiger partial charge on any atom is 0.199 e. The van der Waals surface area contributed by atoms with Crippen LogP contribution in [0.4, 0.5) is 35.1 Å². The molecule has 0 spiro atoms. The first kappa shape index (κ1) is 49.3. The summed E-state index contributed by atoms with van der Waals surface area (Å²) in [5.74, 6) is -8.72. The molecule has 0 saturated carbocycles. The Balaban J connectivity index is 0.000000389. The quantitative estimate of drug-likeness (QED) is 0.100. The standard InChI is InChI=1S/C44H20F8N4.2C7H8.Fe/c45-21-5-1-6-22(46)37(21)41-29-13-15-31(53-29)42(38-23(47)7-2-8-24(38)48)33-17-19-35(55-33)44(40-27(51)11-4-12-28(40)52)36-20-18-34(56-36)43(32-16-14-30(41)54-32)39-25(49)9-3-10-26(39)50;2*1-7-5-3-2-4-6-7;/h1-20H;2*2-6H,1H3;. The normalized spacial score (nSPS) is 11.9. The molecule has 4 nitrogen and oxygen atoms in total. The number of aromatic nitrogens is 4. The van der Waals surface area contributed by atoms with E-state index in [1.54, 1.807) is 0 Å². The van der Waals surface area contributed by atoms with Crippen LogP contribution in [0.15, 0.2) is 182 Å². The Bertz CT molecular complexity index is 2830. The van der Waals surface area contributed by atoms with Gasteiger partial charge in [0.2, 0.25) is 0 Å². The van der Waals surface area contributed by atoms with Gasteiger partial charge in [0.1, 0.15) is 22.3 Å². The number of aryl methyl sites for hydroxylation is 2. The zero-order valence-corrected chi connectivity index (χ0v) is 38.6. The average Bonchev–Trinajstić information content (AvgIpc) is 4.19. The van der Waals surface area contributed by atoms with Crippen molar-refractivity contribution in [3.8, 4) is 0 Å². The van der Waals surface area contributed by atoms with E-state index in [2.05, 4.69) is 58.0 Å². The molecule has 6 aromatic carbocycles. The van der Waals surface area contributed by atoms with Crippen molar-refractivity contribution in [2.45, 2.75) is 13.8 Å². The fourth-order valence-corrected chi connectivity index (χ4v) is 8.13. The van der Waals surface area contributed by atoms with Gasteiger partial charge in [-0.15, -0.1) is 0 Å². The fourth-order valence-electron chi connectivity index (χ4n) is 8.13. The summed E-state index contributed by atoms with van der Waals surface area (Å²) in [4.78, 5) is 18.5. The van der Waals surface area contributed by atoms with Crippen LogP contribution < -0.4 is 19.9 Å². The van der Waals surface area contributed by atoms with Gasteiger partial charge >= 0.3 is 0 Å². The molecule has 0 fully saturated rings. The Labute approximate surface area is 415 Å². The van der Waals surface area contributed by atoms with Crippen molar-refractivity contribution in [1.82, 2.24) is 19.9 Å². The molecule has 4 aromatic heterocycles. The smallest absolute Gasteiger partial charge is 0.199 e. The monoisotopic (exact) mass is 996 g/mol. The second-order valence-electron chi connectivity index (χ2n) is 16.1. The molecule has 8 bridgehead atoms. The van der Waals surface area contributed by atoms with Crippen molar-refractivity contribution < 1.29 is 52.2 Å². The van der Waals surface area contributed by atoms with Gasteiger partial charge in [0.25, 0.3) is 0 Å². The van der Waals surface area contributed by atoms with Crippen molar-refractivity contribution in [2.75, 3.05) is 0 Å². The van der Waals surface area contributed by atoms with E-state index in [1.165, 1.54) is 59.7 Å². The van der Waals surface area contributed by atoms with E-state index in [9.17, 15) is 0 Å². The maximum atomic E-state index is 15.7. The minimum absolute atomic E-state index is 0. The zero-order chi connectivity index (χ0) is 49.1. The Morgan fingerprint density at radius 3 is 0.549 bits per heavy atom. The number of halogens is 8. The van der Waals surface area contributed by atoms with E-state index in [0.29, 0.717) is 0 Å². The molecule has 10 aromatic rings. The van der Waals surface area contributed by atoms with E-state index in [-0.39, 0.29) is 86.3 Å². The van der Waals surface area contributed by atoms with E-state index in [4.69, 9.17) is 0 Å². The van der Waals surface area contributed by atoms with Gasteiger partial charge < -0.3 is 19.9 Å². The summed E-state index contributed by atoms with van der Waals surface area (Å²) in [6.07, 6.45) is 0. The van der Waals surface area contributed by atoms with Crippen LogP contribution in [0.1, 0.15) is 78.9 Å². The van der Waals surface area contributed by atoms with Gasteiger partial charge in [0.05, 0.1) is 0 Å². The molecule has 0 unspecified atom stereocenters. The Hall–Kier alpha value is -8.12. The minimum atomic E-state index is -0.995. The zero-order valence-electron chi connectivity index (χ0n) is 37.5. The molecule has 13 heteroatoms. The molecule has 352 valence electrons. The molecule has 0 aliphatic carbocycles. The fraction of sp³-hybridized carbons (Fsp3) is 0.0345. The molecule has 11 rings (SSSR count). The molecule has 5 heterocycles. The van der Waals surface area contributed by atoms with Crippen LogP contribution in [-0.4, -0.2) is 0 Å². The molecule has 0 N–H and O–H groups in total. The first-order valence-corrected chi connectivity index (χ1v) is 21.7. The summed E-state index contributed by atoms with van der Waals surface area (Å²) < 4.78 is 125. The van der Waals surface area contributed by atoms with Gasteiger partial charge in [0, 0.05) is 138 Å². The molecule has 0 radical (unpaired) electrons. The summed E-state index contributed by atoms with van der Waals surface area (Å²) in [7, 11) is 0. The predicted octanol–water partition coefficient (Wildman–Crippen LogP) is 13.0. The van der Waals surface area contributed by atoms with Crippen molar-refractivity contribution in [2.24, 2.45) is 0 Å². The van der Waals surface area contributed by atoms with Crippen molar-refractivity contribution >= 4 is 0 Å². The molecule has 0 saturated heterocycles. The molecule has 0 amide bonds. The van der Waals surface area contributed by atoms with Crippen molar-refractivity contribution in [3.05, 3.63) is 331 Å². The predicted molar refractivity (Wildman–Crippen MR) is 249 cm³/mol. The molecule has 0 atom stereocenters. The van der Waals surface area contributed by atoms with Crippen molar-refractivity contribution in [1.29, 1.82) is 0 Å². The average molecular weight is 997 g/mol. The van der Waals surface area contributed by atoms with Crippen LogP contribution in [0.25, 0.3) is 0 Å². The van der Waals surface area contributed by atoms with Crippen LogP contribution >= 0.6 is 0 Å². The SMILES string of the molecule is Cc1ccccc1.Cc1ccccc1.Fc1cccc(F)c1[C+]1c2ccc([n-]2)[C+](c2c(F)cccc2F)c2ccc([n-]2)[C+](c2c(F)cccc2F)c2ccc([n-]2)[C+](c2c(F)cccc2F)c2ccc1[n-]2.[Fe]. The summed E-state index contributed by atoms with van der Waals surface area (Å²) in [6.45, 7) is 4.17. The number of hydrogen-bond donors (Lipinski definition) is 0. The second-order valence-corrected chi connectivity index (χ2v) is 16.1. The van der Waals surface area contributed by atoms with Gasteiger partial charge in [-0.1, -0.05) is 71.8 Å². The molecule has 1 aliphatic rings. The first-order chi connectivity index (χ1) is 33.9. The van der Waals surface area contributed by atoms with Crippen LogP contribution in [-0.2, 0) is 17.1 Å². The van der Waals surface area contributed by atoms with E-state index in [0.717, 1.165) is 72.8 Å². The van der Waals surface area contributed by atoms with Crippen molar-refractivity contribution in [3.63, 3.8) is 0 Å². The third-order valence-corrected chi connectivity index (χ3v) is 11.3. The van der Waals surface area contributed by atoms with Crippen LogP contribution in [0.3, 0.4) is 0 Å². The molecular formula is C58H36F8FeN4. The minimum Gasteiger partial charge on any atom is -0.628 e. The number of hydrogen-bond acceptors (Lipinski definition) is 0. The second kappa shape index (κ2) is 21.3. The summed E-state index contributed by atoms with van der Waals surface area (Å²) in [5, 5.41) is 0. The number of benzene rings is 6. The molecule has 71 heavy (non-hydrogen) atoms. The Kier molecular flexibility index (Phi) is 14.8. The molecular weight excluding hydrogens is 960 g/mol. The van der Waals surface area contributed by atoms with Gasteiger partial charge in [-0.05, 0) is 83.7 Å². The number of rotatable bonds is 4.